The van der Waals surface area contributed by atoms with Gasteiger partial charge in [0.25, 0.3) is 0 Å². The normalized spacial score (nSPS) is 16.6. The molecule has 2 unspecified atom stereocenters. The molecule has 1 aliphatic rings. The van der Waals surface area contributed by atoms with Crippen molar-refractivity contribution < 1.29 is 18.8 Å². The van der Waals surface area contributed by atoms with Gasteiger partial charge in [0, 0.05) is 5.69 Å². The minimum absolute atomic E-state index is 0.0987. The maximum Gasteiger partial charge on any atom is 0.327 e. The number of esters is 1. The predicted octanol–water partition coefficient (Wildman–Crippen LogP) is 6.60. The van der Waals surface area contributed by atoms with Gasteiger partial charge in [-0.25, -0.2) is 4.79 Å². The van der Waals surface area contributed by atoms with Crippen molar-refractivity contribution in [3.8, 4) is 0 Å². The van der Waals surface area contributed by atoms with Crippen molar-refractivity contribution in [2.24, 2.45) is 5.92 Å². The van der Waals surface area contributed by atoms with Crippen LogP contribution in [0.25, 0.3) is 0 Å². The van der Waals surface area contributed by atoms with Gasteiger partial charge >= 0.3 is 5.97 Å². The molecule has 0 aliphatic heterocycles. The summed E-state index contributed by atoms with van der Waals surface area (Å²) in [5.41, 5.74) is 2.49. The molecule has 202 valence electrons. The van der Waals surface area contributed by atoms with Crippen LogP contribution in [-0.2, 0) is 25.4 Å². The molecule has 0 aromatic heterocycles. The first-order chi connectivity index (χ1) is 17.5. The van der Waals surface area contributed by atoms with Crippen LogP contribution < -0.4 is 10.6 Å². The fourth-order valence-corrected chi connectivity index (χ4v) is 5.54. The maximum absolute atomic E-state index is 13.8. The topological polar surface area (TPSA) is 76.7 Å². The van der Waals surface area contributed by atoms with Crippen molar-refractivity contribution in [2.75, 3.05) is 12.4 Å². The van der Waals surface area contributed by atoms with Crippen LogP contribution in [0.2, 0.25) is 18.1 Å². The fraction of sp³-hybridized carbons (Fsp3) is 0.533. The van der Waals surface area contributed by atoms with Crippen molar-refractivity contribution in [3.63, 3.8) is 0 Å². The summed E-state index contributed by atoms with van der Waals surface area (Å²) in [6.45, 7) is 11.6. The van der Waals surface area contributed by atoms with E-state index in [1.807, 2.05) is 54.6 Å². The number of carbonyl (C=O) groups is 2. The highest BCUT2D eigenvalue weighted by atomic mass is 28.4. The van der Waals surface area contributed by atoms with E-state index >= 15 is 0 Å². The van der Waals surface area contributed by atoms with Crippen LogP contribution in [0, 0.1) is 5.92 Å². The summed E-state index contributed by atoms with van der Waals surface area (Å²) in [6, 6.07) is 16.0. The number of anilines is 1. The highest BCUT2D eigenvalue weighted by Gasteiger charge is 2.38. The number of benzene rings is 2. The third-order valence-electron chi connectivity index (χ3n) is 7.99. The monoisotopic (exact) mass is 524 g/mol. The first-order valence-corrected chi connectivity index (χ1v) is 16.4. The Morgan fingerprint density at radius 2 is 1.59 bits per heavy atom. The number of rotatable bonds is 10. The van der Waals surface area contributed by atoms with Crippen LogP contribution in [-0.4, -0.2) is 33.3 Å². The maximum atomic E-state index is 13.8. The van der Waals surface area contributed by atoms with Crippen LogP contribution in [0.5, 0.6) is 0 Å². The minimum atomic E-state index is -1.95. The van der Waals surface area contributed by atoms with E-state index < -0.39 is 26.4 Å². The van der Waals surface area contributed by atoms with Gasteiger partial charge in [-0.1, -0.05) is 88.6 Å². The average molecular weight is 525 g/mol. The molecule has 6 nitrogen and oxygen atoms in total. The first kappa shape index (κ1) is 29.1. The summed E-state index contributed by atoms with van der Waals surface area (Å²) in [5.74, 6) is -0.389. The summed E-state index contributed by atoms with van der Waals surface area (Å²) in [6.07, 6.45) is 5.24. The number of nitrogens with one attached hydrogen (secondary N) is 2. The highest BCUT2D eigenvalue weighted by Crippen LogP contribution is 2.37. The first-order valence-electron chi connectivity index (χ1n) is 13.4. The largest absolute Gasteiger partial charge is 0.468 e. The summed E-state index contributed by atoms with van der Waals surface area (Å²) in [5, 5.41) is 6.67. The number of hydrogen-bond acceptors (Lipinski definition) is 5. The lowest BCUT2D eigenvalue weighted by molar-refractivity contribution is -0.143. The van der Waals surface area contributed by atoms with E-state index in [0.717, 1.165) is 42.5 Å². The van der Waals surface area contributed by atoms with E-state index in [1.54, 1.807) is 0 Å². The van der Waals surface area contributed by atoms with Gasteiger partial charge in [-0.05, 0) is 54.1 Å². The summed E-state index contributed by atoms with van der Waals surface area (Å²) >= 11 is 0. The van der Waals surface area contributed by atoms with E-state index in [9.17, 15) is 9.59 Å². The standard InChI is InChI=1S/C30H44N2O4Si/c1-30(2,3)37(5,6)36-21-24-19-13-14-20-25(24)31-28(33)26(22-15-9-7-10-16-22)32-27(29(34)35-4)23-17-11-8-12-18-23/h8,11-14,17-20,22,26-27,32H,7,9-10,15-16,21H2,1-6H3,(H,31,33). The molecular weight excluding hydrogens is 480 g/mol. The number of hydrogen-bond donors (Lipinski definition) is 2. The molecule has 37 heavy (non-hydrogen) atoms. The zero-order valence-corrected chi connectivity index (χ0v) is 24.3. The predicted molar refractivity (Wildman–Crippen MR) is 152 cm³/mol. The fourth-order valence-electron chi connectivity index (χ4n) is 4.59. The quantitative estimate of drug-likeness (QED) is 0.270. The van der Waals surface area contributed by atoms with Crippen LogP contribution >= 0.6 is 0 Å². The van der Waals surface area contributed by atoms with Gasteiger partial charge < -0.3 is 14.5 Å². The van der Waals surface area contributed by atoms with E-state index in [-0.39, 0.29) is 16.9 Å². The number of methoxy groups -OCH3 is 1. The third-order valence-corrected chi connectivity index (χ3v) is 12.5. The molecule has 2 aromatic carbocycles. The zero-order chi connectivity index (χ0) is 27.1. The van der Waals surface area contributed by atoms with Crippen LogP contribution in [0.4, 0.5) is 5.69 Å². The Morgan fingerprint density at radius 3 is 2.22 bits per heavy atom. The average Bonchev–Trinajstić information content (AvgIpc) is 2.88. The molecular formula is C30H44N2O4Si. The lowest BCUT2D eigenvalue weighted by Crippen LogP contribution is -2.49. The molecule has 1 aliphatic carbocycles. The van der Waals surface area contributed by atoms with Gasteiger partial charge in [0.2, 0.25) is 5.91 Å². The van der Waals surface area contributed by atoms with Gasteiger partial charge in [0.05, 0.1) is 19.8 Å². The van der Waals surface area contributed by atoms with Gasteiger partial charge in [-0.3, -0.25) is 10.1 Å². The summed E-state index contributed by atoms with van der Waals surface area (Å²) in [4.78, 5) is 26.6. The molecule has 1 saturated carbocycles. The van der Waals surface area contributed by atoms with Crippen LogP contribution in [0.3, 0.4) is 0 Å². The lowest BCUT2D eigenvalue weighted by Gasteiger charge is -2.36. The second-order valence-corrected chi connectivity index (χ2v) is 16.4. The number of ether oxygens (including phenoxy) is 1. The molecule has 1 fully saturated rings. The molecule has 1 amide bonds. The molecule has 0 radical (unpaired) electrons. The molecule has 7 heteroatoms. The number of carbonyl (C=O) groups excluding carboxylic acids is 2. The summed E-state index contributed by atoms with van der Waals surface area (Å²) < 4.78 is 11.6. The molecule has 2 aromatic rings. The SMILES string of the molecule is COC(=O)C(NC(C(=O)Nc1ccccc1CO[Si](C)(C)C(C)(C)C)C1CCCCC1)c1ccccc1. The van der Waals surface area contributed by atoms with E-state index in [4.69, 9.17) is 9.16 Å². The van der Waals surface area contributed by atoms with Gasteiger partial charge in [-0.2, -0.15) is 0 Å². The Labute approximate surface area is 223 Å². The Bertz CT molecular complexity index is 1030. The highest BCUT2D eigenvalue weighted by molar-refractivity contribution is 6.74. The van der Waals surface area contributed by atoms with Gasteiger partial charge in [0.15, 0.2) is 8.32 Å². The van der Waals surface area contributed by atoms with Crippen LogP contribution in [0.15, 0.2) is 54.6 Å². The van der Waals surface area contributed by atoms with Crippen molar-refractivity contribution >= 4 is 25.9 Å². The Kier molecular flexibility index (Phi) is 10.1. The number of amides is 1. The van der Waals surface area contributed by atoms with Crippen molar-refractivity contribution in [2.45, 2.75) is 89.7 Å². The van der Waals surface area contributed by atoms with Crippen molar-refractivity contribution in [3.05, 3.63) is 65.7 Å². The lowest BCUT2D eigenvalue weighted by atomic mass is 9.83. The van der Waals surface area contributed by atoms with Crippen LogP contribution in [0.1, 0.15) is 70.0 Å². The Morgan fingerprint density at radius 1 is 0.973 bits per heavy atom. The number of para-hydroxylation sites is 1. The van der Waals surface area contributed by atoms with E-state index in [0.29, 0.717) is 6.61 Å². The molecule has 0 spiro atoms. The molecule has 0 bridgehead atoms. The van der Waals surface area contributed by atoms with Crippen molar-refractivity contribution in [1.29, 1.82) is 0 Å². The molecule has 3 rings (SSSR count). The van der Waals surface area contributed by atoms with Gasteiger partial charge in [-0.15, -0.1) is 0 Å². The van der Waals surface area contributed by atoms with E-state index in [1.165, 1.54) is 13.5 Å². The molecule has 0 heterocycles. The minimum Gasteiger partial charge on any atom is -0.468 e. The molecule has 0 saturated heterocycles. The zero-order valence-electron chi connectivity index (χ0n) is 23.3. The van der Waals surface area contributed by atoms with Gasteiger partial charge in [0.1, 0.15) is 6.04 Å². The Hall–Kier alpha value is -2.48. The smallest absolute Gasteiger partial charge is 0.327 e. The summed E-state index contributed by atoms with van der Waals surface area (Å²) in [7, 11) is -0.569. The second kappa shape index (κ2) is 12.8. The Balaban J connectivity index is 1.84. The molecule has 2 N–H and O–H groups in total. The second-order valence-electron chi connectivity index (χ2n) is 11.6. The van der Waals surface area contributed by atoms with Crippen molar-refractivity contribution in [1.82, 2.24) is 5.32 Å². The molecule has 2 atom stereocenters. The van der Waals surface area contributed by atoms with E-state index in [2.05, 4.69) is 44.5 Å². The third kappa shape index (κ3) is 7.76.